The largest absolute Gasteiger partial charge is 0.326 e. The second-order valence-electron chi connectivity index (χ2n) is 6.01. The van der Waals surface area contributed by atoms with Gasteiger partial charge in [-0.2, -0.15) is 4.98 Å². The van der Waals surface area contributed by atoms with Gasteiger partial charge in [-0.1, -0.05) is 12.1 Å². The molecule has 132 valence electrons. The number of fused-ring (bicyclic) bond motifs is 1. The number of nitrogens with zero attached hydrogens (tertiary/aromatic N) is 5. The number of rotatable bonds is 5. The number of thiophene rings is 2. The summed E-state index contributed by atoms with van der Waals surface area (Å²) in [5.74, 6) is 0.451. The zero-order valence-electron chi connectivity index (χ0n) is 14.4. The standard InChI is InChI=1S/C18H17N5OS2/c1-12-9-13(2)23-18(19-12)20-16(21-23)17(24)22(10-14-5-3-7-25-14)11-15-6-4-8-26-15/h3-9H,10-11H2,1-2H3. The van der Waals surface area contributed by atoms with E-state index in [4.69, 9.17) is 0 Å². The minimum atomic E-state index is -0.186. The Morgan fingerprint density at radius 3 is 2.31 bits per heavy atom. The number of aryl methyl sites for hydroxylation is 2. The zero-order chi connectivity index (χ0) is 18.1. The van der Waals surface area contributed by atoms with Crippen LogP contribution in [0.25, 0.3) is 5.78 Å². The molecule has 4 aromatic rings. The Bertz CT molecular complexity index is 1000. The van der Waals surface area contributed by atoms with Crippen LogP contribution in [-0.4, -0.2) is 30.4 Å². The highest BCUT2D eigenvalue weighted by Gasteiger charge is 2.23. The van der Waals surface area contributed by atoms with Crippen LogP contribution in [0.3, 0.4) is 0 Å². The number of aromatic nitrogens is 4. The summed E-state index contributed by atoms with van der Waals surface area (Å²) in [5.41, 5.74) is 1.76. The van der Waals surface area contributed by atoms with E-state index in [1.54, 1.807) is 32.1 Å². The maximum Gasteiger partial charge on any atom is 0.294 e. The van der Waals surface area contributed by atoms with E-state index in [2.05, 4.69) is 15.1 Å². The molecule has 0 spiro atoms. The fourth-order valence-electron chi connectivity index (χ4n) is 2.78. The monoisotopic (exact) mass is 383 g/mol. The average molecular weight is 384 g/mol. The van der Waals surface area contributed by atoms with Crippen molar-refractivity contribution in [2.24, 2.45) is 0 Å². The van der Waals surface area contributed by atoms with E-state index < -0.39 is 0 Å². The van der Waals surface area contributed by atoms with Gasteiger partial charge in [-0.25, -0.2) is 9.50 Å². The van der Waals surface area contributed by atoms with Crippen molar-refractivity contribution in [3.63, 3.8) is 0 Å². The van der Waals surface area contributed by atoms with Gasteiger partial charge in [0.2, 0.25) is 5.82 Å². The van der Waals surface area contributed by atoms with E-state index >= 15 is 0 Å². The van der Waals surface area contributed by atoms with Gasteiger partial charge in [0.25, 0.3) is 11.7 Å². The molecule has 4 heterocycles. The highest BCUT2D eigenvalue weighted by Crippen LogP contribution is 2.19. The molecule has 0 atom stereocenters. The molecule has 0 aliphatic heterocycles. The minimum absolute atomic E-state index is 0.180. The van der Waals surface area contributed by atoms with Gasteiger partial charge in [0.05, 0.1) is 13.1 Å². The molecule has 0 bridgehead atoms. The van der Waals surface area contributed by atoms with Crippen molar-refractivity contribution in [3.05, 3.63) is 68.1 Å². The molecule has 1 amide bonds. The van der Waals surface area contributed by atoms with Crippen LogP contribution in [0.5, 0.6) is 0 Å². The summed E-state index contributed by atoms with van der Waals surface area (Å²) in [6.45, 7) is 4.91. The van der Waals surface area contributed by atoms with Gasteiger partial charge in [-0.05, 0) is 42.8 Å². The van der Waals surface area contributed by atoms with Crippen molar-refractivity contribution in [1.29, 1.82) is 0 Å². The maximum absolute atomic E-state index is 13.1. The van der Waals surface area contributed by atoms with Gasteiger partial charge < -0.3 is 4.90 Å². The number of carbonyl (C=O) groups excluding carboxylic acids is 1. The highest BCUT2D eigenvalue weighted by atomic mass is 32.1. The lowest BCUT2D eigenvalue weighted by atomic mass is 10.3. The summed E-state index contributed by atoms with van der Waals surface area (Å²) in [7, 11) is 0. The van der Waals surface area contributed by atoms with E-state index in [9.17, 15) is 4.79 Å². The lowest BCUT2D eigenvalue weighted by Gasteiger charge is -2.19. The zero-order valence-corrected chi connectivity index (χ0v) is 16.0. The first-order valence-electron chi connectivity index (χ1n) is 8.15. The first kappa shape index (κ1) is 16.9. The van der Waals surface area contributed by atoms with Gasteiger partial charge in [0.1, 0.15) is 0 Å². The SMILES string of the molecule is Cc1cc(C)n2nc(C(=O)N(Cc3cccs3)Cc3cccs3)nc2n1. The third kappa shape index (κ3) is 3.38. The topological polar surface area (TPSA) is 63.4 Å². The van der Waals surface area contributed by atoms with Crippen LogP contribution in [-0.2, 0) is 13.1 Å². The normalized spacial score (nSPS) is 11.2. The third-order valence-electron chi connectivity index (χ3n) is 3.95. The first-order chi connectivity index (χ1) is 12.6. The van der Waals surface area contributed by atoms with Crippen molar-refractivity contribution in [2.45, 2.75) is 26.9 Å². The minimum Gasteiger partial charge on any atom is -0.326 e. The Balaban J connectivity index is 1.68. The van der Waals surface area contributed by atoms with Gasteiger partial charge in [-0.15, -0.1) is 27.8 Å². The molecule has 8 heteroatoms. The second-order valence-corrected chi connectivity index (χ2v) is 8.07. The third-order valence-corrected chi connectivity index (χ3v) is 5.67. The van der Waals surface area contributed by atoms with Crippen LogP contribution in [0.4, 0.5) is 0 Å². The molecular weight excluding hydrogens is 366 g/mol. The lowest BCUT2D eigenvalue weighted by Crippen LogP contribution is -2.30. The van der Waals surface area contributed by atoms with Crippen molar-refractivity contribution in [2.75, 3.05) is 0 Å². The summed E-state index contributed by atoms with van der Waals surface area (Å²) >= 11 is 3.27. The van der Waals surface area contributed by atoms with E-state index in [1.165, 1.54) is 0 Å². The van der Waals surface area contributed by atoms with Gasteiger partial charge in [0.15, 0.2) is 0 Å². The van der Waals surface area contributed by atoms with Gasteiger partial charge >= 0.3 is 0 Å². The highest BCUT2D eigenvalue weighted by molar-refractivity contribution is 7.10. The van der Waals surface area contributed by atoms with Crippen LogP contribution in [0.15, 0.2) is 41.1 Å². The second kappa shape index (κ2) is 6.97. The van der Waals surface area contributed by atoms with Crippen LogP contribution in [0, 0.1) is 13.8 Å². The van der Waals surface area contributed by atoms with Crippen LogP contribution >= 0.6 is 22.7 Å². The lowest BCUT2D eigenvalue weighted by molar-refractivity contribution is 0.0721. The fourth-order valence-corrected chi connectivity index (χ4v) is 4.22. The number of amides is 1. The maximum atomic E-state index is 13.1. The predicted octanol–water partition coefficient (Wildman–Crippen LogP) is 3.71. The Morgan fingerprint density at radius 2 is 1.73 bits per heavy atom. The fraction of sp³-hybridized carbons (Fsp3) is 0.222. The van der Waals surface area contributed by atoms with E-state index in [0.717, 1.165) is 21.1 Å². The molecule has 4 rings (SSSR count). The Hall–Kier alpha value is -2.58. The average Bonchev–Trinajstić information content (AvgIpc) is 3.35. The molecule has 0 saturated carbocycles. The molecule has 0 N–H and O–H groups in total. The molecule has 0 radical (unpaired) electrons. The summed E-state index contributed by atoms with van der Waals surface area (Å²) < 4.78 is 1.62. The van der Waals surface area contributed by atoms with Crippen LogP contribution in [0.2, 0.25) is 0 Å². The number of carbonyl (C=O) groups is 1. The van der Waals surface area contributed by atoms with Crippen LogP contribution < -0.4 is 0 Å². The van der Waals surface area contributed by atoms with Crippen molar-refractivity contribution < 1.29 is 4.79 Å². The summed E-state index contributed by atoms with van der Waals surface area (Å²) in [5, 5.41) is 8.42. The number of hydrogen-bond donors (Lipinski definition) is 0. The Kier molecular flexibility index (Phi) is 4.52. The molecule has 0 aromatic carbocycles. The Labute approximate surface area is 158 Å². The molecule has 0 unspecified atom stereocenters. The van der Waals surface area contributed by atoms with Gasteiger partial charge in [0, 0.05) is 21.1 Å². The van der Waals surface area contributed by atoms with E-state index in [0.29, 0.717) is 18.9 Å². The summed E-state index contributed by atoms with van der Waals surface area (Å²) in [6.07, 6.45) is 0. The van der Waals surface area contributed by atoms with Crippen molar-refractivity contribution >= 4 is 34.4 Å². The molecule has 26 heavy (non-hydrogen) atoms. The predicted molar refractivity (Wildman–Crippen MR) is 102 cm³/mol. The van der Waals surface area contributed by atoms with Crippen molar-refractivity contribution in [3.8, 4) is 0 Å². The smallest absolute Gasteiger partial charge is 0.294 e. The Morgan fingerprint density at radius 1 is 1.08 bits per heavy atom. The van der Waals surface area contributed by atoms with E-state index in [1.807, 2.05) is 54.9 Å². The summed E-state index contributed by atoms with van der Waals surface area (Å²) in [6, 6.07) is 9.97. The molecule has 0 aliphatic rings. The first-order valence-corrected chi connectivity index (χ1v) is 9.91. The summed E-state index contributed by atoms with van der Waals surface area (Å²) in [4.78, 5) is 25.9. The van der Waals surface area contributed by atoms with Crippen LogP contribution in [0.1, 0.15) is 31.8 Å². The van der Waals surface area contributed by atoms with E-state index in [-0.39, 0.29) is 11.7 Å². The molecule has 0 saturated heterocycles. The molecule has 0 fully saturated rings. The molecular formula is C18H17N5OS2. The molecule has 4 aromatic heterocycles. The molecule has 0 aliphatic carbocycles. The van der Waals surface area contributed by atoms with Crippen molar-refractivity contribution in [1.82, 2.24) is 24.5 Å². The number of hydrogen-bond acceptors (Lipinski definition) is 6. The molecule has 6 nitrogen and oxygen atoms in total. The van der Waals surface area contributed by atoms with Gasteiger partial charge in [-0.3, -0.25) is 4.79 Å². The quantitative estimate of drug-likeness (QED) is 0.527.